The summed E-state index contributed by atoms with van der Waals surface area (Å²) in [4.78, 5) is 26.1. The van der Waals surface area contributed by atoms with Crippen LogP contribution in [0.4, 0.5) is 5.69 Å². The minimum Gasteiger partial charge on any atom is -0.348 e. The topological polar surface area (TPSA) is 61.4 Å². The summed E-state index contributed by atoms with van der Waals surface area (Å²) in [7, 11) is 0. The molecule has 0 unspecified atom stereocenters. The van der Waals surface area contributed by atoms with Crippen LogP contribution in [0.3, 0.4) is 0 Å². The van der Waals surface area contributed by atoms with Crippen molar-refractivity contribution < 1.29 is 9.59 Å². The fourth-order valence-electron chi connectivity index (χ4n) is 4.44. The van der Waals surface area contributed by atoms with Crippen molar-refractivity contribution in [3.8, 4) is 0 Å². The first-order chi connectivity index (χ1) is 16.5. The molecule has 0 aliphatic carbocycles. The molecular formula is C28H30ClN3O2. The van der Waals surface area contributed by atoms with Crippen LogP contribution in [-0.4, -0.2) is 29.8 Å². The predicted molar refractivity (Wildman–Crippen MR) is 137 cm³/mol. The molecule has 5 nitrogen and oxygen atoms in total. The van der Waals surface area contributed by atoms with Gasteiger partial charge in [0, 0.05) is 36.3 Å². The highest BCUT2D eigenvalue weighted by Crippen LogP contribution is 2.30. The Balaban J connectivity index is 1.29. The maximum Gasteiger partial charge on any atom is 0.251 e. The van der Waals surface area contributed by atoms with Crippen LogP contribution in [0.15, 0.2) is 72.8 Å². The smallest absolute Gasteiger partial charge is 0.251 e. The van der Waals surface area contributed by atoms with Crippen LogP contribution in [0.1, 0.15) is 52.7 Å². The highest BCUT2D eigenvalue weighted by molar-refractivity contribution is 6.31. The second-order valence-electron chi connectivity index (χ2n) is 8.83. The molecule has 0 saturated carbocycles. The average molecular weight is 476 g/mol. The number of likely N-dealkylation sites (tertiary alicyclic amines) is 1. The van der Waals surface area contributed by atoms with Gasteiger partial charge in [0.15, 0.2) is 0 Å². The van der Waals surface area contributed by atoms with Crippen LogP contribution in [0.25, 0.3) is 0 Å². The van der Waals surface area contributed by atoms with E-state index in [9.17, 15) is 9.59 Å². The minimum atomic E-state index is -0.136. The molecule has 1 fully saturated rings. The van der Waals surface area contributed by atoms with E-state index in [-0.39, 0.29) is 11.8 Å². The first-order valence-corrected chi connectivity index (χ1v) is 12.1. The van der Waals surface area contributed by atoms with Gasteiger partial charge >= 0.3 is 0 Å². The van der Waals surface area contributed by atoms with E-state index >= 15 is 0 Å². The Kier molecular flexibility index (Phi) is 7.99. The van der Waals surface area contributed by atoms with Crippen molar-refractivity contribution in [3.05, 3.63) is 100 Å². The molecule has 3 aromatic rings. The third-order valence-electron chi connectivity index (χ3n) is 6.28. The molecule has 34 heavy (non-hydrogen) atoms. The quantitative estimate of drug-likeness (QED) is 0.467. The van der Waals surface area contributed by atoms with Gasteiger partial charge in [-0.05, 0) is 78.9 Å². The molecule has 0 spiro atoms. The molecule has 3 aromatic carbocycles. The normalized spacial score (nSPS) is 14.5. The van der Waals surface area contributed by atoms with E-state index in [4.69, 9.17) is 11.6 Å². The number of nitrogens with zero attached hydrogens (tertiary/aromatic N) is 1. The number of hydrogen-bond acceptors (Lipinski definition) is 3. The van der Waals surface area contributed by atoms with Gasteiger partial charge in [0.05, 0.1) is 0 Å². The number of benzene rings is 3. The lowest BCUT2D eigenvalue weighted by Gasteiger charge is -2.32. The summed E-state index contributed by atoms with van der Waals surface area (Å²) < 4.78 is 0. The first kappa shape index (κ1) is 24.0. The Morgan fingerprint density at radius 2 is 1.71 bits per heavy atom. The van der Waals surface area contributed by atoms with Crippen molar-refractivity contribution in [3.63, 3.8) is 0 Å². The summed E-state index contributed by atoms with van der Waals surface area (Å²) in [6, 6.07) is 23.5. The zero-order valence-corrected chi connectivity index (χ0v) is 20.1. The van der Waals surface area contributed by atoms with E-state index in [1.54, 1.807) is 24.3 Å². The molecule has 4 rings (SSSR count). The summed E-state index contributed by atoms with van der Waals surface area (Å²) in [6.07, 6.45) is 2.22. The predicted octanol–water partition coefficient (Wildman–Crippen LogP) is 5.61. The van der Waals surface area contributed by atoms with Crippen molar-refractivity contribution in [2.75, 3.05) is 18.4 Å². The maximum absolute atomic E-state index is 12.5. The summed E-state index contributed by atoms with van der Waals surface area (Å²) in [6.45, 7) is 4.92. The van der Waals surface area contributed by atoms with Crippen LogP contribution in [-0.2, 0) is 17.9 Å². The summed E-state index contributed by atoms with van der Waals surface area (Å²) in [5, 5.41) is 6.54. The summed E-state index contributed by atoms with van der Waals surface area (Å²) >= 11 is 6.33. The van der Waals surface area contributed by atoms with Gasteiger partial charge in [0.2, 0.25) is 5.91 Å². The number of anilines is 1. The molecular weight excluding hydrogens is 446 g/mol. The molecule has 1 heterocycles. The standard InChI is InChI=1S/C28H30ClN3O2/c1-20(33)31-26-11-9-23(10-12-26)28(34)30-18-21-5-4-7-24(17-21)22-13-15-32(16-14-22)19-25-6-2-3-8-27(25)29/h2-12,17,22H,13-16,18-19H2,1H3,(H,30,34)(H,31,33). The number of carbonyl (C=O) groups excluding carboxylic acids is 2. The zero-order chi connectivity index (χ0) is 23.9. The highest BCUT2D eigenvalue weighted by atomic mass is 35.5. The van der Waals surface area contributed by atoms with E-state index in [0.29, 0.717) is 23.7 Å². The largest absolute Gasteiger partial charge is 0.348 e. The molecule has 1 saturated heterocycles. The molecule has 2 N–H and O–H groups in total. The van der Waals surface area contributed by atoms with Crippen molar-refractivity contribution in [2.45, 2.75) is 38.8 Å². The van der Waals surface area contributed by atoms with Crippen LogP contribution in [0, 0.1) is 0 Å². The van der Waals surface area contributed by atoms with Crippen LogP contribution >= 0.6 is 11.6 Å². The zero-order valence-electron chi connectivity index (χ0n) is 19.4. The van der Waals surface area contributed by atoms with Gasteiger partial charge in [-0.3, -0.25) is 14.5 Å². The molecule has 1 aliphatic rings. The number of rotatable bonds is 7. The van der Waals surface area contributed by atoms with Gasteiger partial charge < -0.3 is 10.6 Å². The van der Waals surface area contributed by atoms with E-state index < -0.39 is 0 Å². The van der Waals surface area contributed by atoms with Crippen molar-refractivity contribution in [1.82, 2.24) is 10.2 Å². The van der Waals surface area contributed by atoms with E-state index in [2.05, 4.69) is 45.9 Å². The van der Waals surface area contributed by atoms with Crippen LogP contribution in [0.5, 0.6) is 0 Å². The molecule has 0 aromatic heterocycles. The van der Waals surface area contributed by atoms with Crippen molar-refractivity contribution >= 4 is 29.1 Å². The number of halogens is 1. The van der Waals surface area contributed by atoms with E-state index in [1.165, 1.54) is 18.1 Å². The van der Waals surface area contributed by atoms with E-state index in [1.807, 2.05) is 18.2 Å². The minimum absolute atomic E-state index is 0.132. The molecule has 0 atom stereocenters. The lowest BCUT2D eigenvalue weighted by molar-refractivity contribution is -0.114. The van der Waals surface area contributed by atoms with Gasteiger partial charge in [-0.15, -0.1) is 0 Å². The number of nitrogens with one attached hydrogen (secondary N) is 2. The molecule has 0 radical (unpaired) electrons. The van der Waals surface area contributed by atoms with E-state index in [0.717, 1.165) is 43.1 Å². The Morgan fingerprint density at radius 3 is 2.41 bits per heavy atom. The fraction of sp³-hybridized carbons (Fsp3) is 0.286. The van der Waals surface area contributed by atoms with Gasteiger partial charge in [0.1, 0.15) is 0 Å². The lowest BCUT2D eigenvalue weighted by Crippen LogP contribution is -2.32. The molecule has 0 bridgehead atoms. The van der Waals surface area contributed by atoms with Crippen molar-refractivity contribution in [1.29, 1.82) is 0 Å². The Bertz CT molecular complexity index is 1140. The Hall–Kier alpha value is -3.15. The maximum atomic E-state index is 12.5. The summed E-state index contributed by atoms with van der Waals surface area (Å²) in [5.41, 5.74) is 4.86. The van der Waals surface area contributed by atoms with Crippen LogP contribution < -0.4 is 10.6 Å². The monoisotopic (exact) mass is 475 g/mol. The summed E-state index contributed by atoms with van der Waals surface area (Å²) in [5.74, 6) is 0.260. The van der Waals surface area contributed by atoms with Crippen LogP contribution in [0.2, 0.25) is 5.02 Å². The SMILES string of the molecule is CC(=O)Nc1ccc(C(=O)NCc2cccc(C3CCN(Cc4ccccc4Cl)CC3)c2)cc1. The average Bonchev–Trinajstić information content (AvgIpc) is 2.85. The second kappa shape index (κ2) is 11.3. The number of piperidine rings is 1. The number of hydrogen-bond donors (Lipinski definition) is 2. The molecule has 1 aliphatic heterocycles. The molecule has 176 valence electrons. The molecule has 6 heteroatoms. The van der Waals surface area contributed by atoms with Gasteiger partial charge in [-0.2, -0.15) is 0 Å². The third kappa shape index (κ3) is 6.46. The number of carbonyl (C=O) groups is 2. The Labute approximate surface area is 206 Å². The van der Waals surface area contributed by atoms with Crippen molar-refractivity contribution in [2.24, 2.45) is 0 Å². The first-order valence-electron chi connectivity index (χ1n) is 11.7. The van der Waals surface area contributed by atoms with Gasteiger partial charge in [-0.1, -0.05) is 54.1 Å². The fourth-order valence-corrected chi connectivity index (χ4v) is 4.64. The Morgan fingerprint density at radius 1 is 0.971 bits per heavy atom. The number of amides is 2. The third-order valence-corrected chi connectivity index (χ3v) is 6.65. The molecule has 2 amide bonds. The highest BCUT2D eigenvalue weighted by Gasteiger charge is 2.21. The lowest BCUT2D eigenvalue weighted by atomic mass is 9.88. The van der Waals surface area contributed by atoms with Gasteiger partial charge in [-0.25, -0.2) is 0 Å². The van der Waals surface area contributed by atoms with Gasteiger partial charge in [0.25, 0.3) is 5.91 Å². The second-order valence-corrected chi connectivity index (χ2v) is 9.24.